The van der Waals surface area contributed by atoms with Crippen LogP contribution < -0.4 is 18.8 Å². The summed E-state index contributed by atoms with van der Waals surface area (Å²) < 4.78 is 0. The van der Waals surface area contributed by atoms with Gasteiger partial charge in [-0.05, 0) is 0 Å². The van der Waals surface area contributed by atoms with E-state index in [0.29, 0.717) is 0 Å². The molecular formula is F4Po2-4. The Bertz CT molecular complexity index is 5.51. The molecule has 44 valence electrons. The molecule has 0 heterocycles. The molecular weight excluding hydrogens is 494 g/mol. The van der Waals surface area contributed by atoms with Crippen LogP contribution in [0.3, 0.4) is 0 Å². The van der Waals surface area contributed by atoms with Crippen molar-refractivity contribution < 1.29 is 18.8 Å². The summed E-state index contributed by atoms with van der Waals surface area (Å²) in [7, 11) is 0. The molecule has 0 unspecified atom stereocenters. The Morgan fingerprint density at radius 3 is 0.333 bits per heavy atom. The van der Waals surface area contributed by atoms with Crippen molar-refractivity contribution in [1.29, 1.82) is 0 Å². The van der Waals surface area contributed by atoms with Crippen molar-refractivity contribution in [3.8, 4) is 0 Å². The first kappa shape index (κ1) is 139. The fourth-order valence-electron chi connectivity index (χ4n) is 0. The third-order valence-corrected chi connectivity index (χ3v) is 0. The van der Waals surface area contributed by atoms with Gasteiger partial charge in [-0.3, -0.25) is 0 Å². The molecule has 0 amide bonds. The van der Waals surface area contributed by atoms with Gasteiger partial charge in [-0.1, -0.05) is 0 Å². The van der Waals surface area contributed by atoms with Gasteiger partial charge in [0.05, 0.1) is 0 Å². The SMILES string of the molecule is [F-].[F-].[F-].[F-].[Po].[Po]. The van der Waals surface area contributed by atoms with Gasteiger partial charge in [0.1, 0.15) is 0 Å². The van der Waals surface area contributed by atoms with Crippen LogP contribution in [0.4, 0.5) is 0 Å². The summed E-state index contributed by atoms with van der Waals surface area (Å²) in [6, 6.07) is 0. The Hall–Kier alpha value is 1.51. The average Bonchev–Trinajstić information content (AvgIpc) is 0. The van der Waals surface area contributed by atoms with Crippen LogP contribution in [0.1, 0.15) is 0 Å². The molecule has 0 aromatic rings. The average molecular weight is 494 g/mol. The van der Waals surface area contributed by atoms with E-state index in [1.165, 1.54) is 0 Å². The van der Waals surface area contributed by atoms with Gasteiger partial charge in [-0.25, -0.2) is 0 Å². The van der Waals surface area contributed by atoms with Crippen molar-refractivity contribution in [2.45, 2.75) is 0 Å². The van der Waals surface area contributed by atoms with E-state index in [9.17, 15) is 0 Å². The largest absolute Gasteiger partial charge is 1.00 e. The predicted octanol–water partition coefficient (Wildman–Crippen LogP) is -12.7. The van der Waals surface area contributed by atoms with Crippen LogP contribution in [0, 0.1) is 0 Å². The zero-order chi connectivity index (χ0) is 0. The number of rotatable bonds is 0. The van der Waals surface area contributed by atoms with Crippen LogP contribution in [0.5, 0.6) is 0 Å². The van der Waals surface area contributed by atoms with E-state index in [1.807, 2.05) is 0 Å². The van der Waals surface area contributed by atoms with Gasteiger partial charge in [0.25, 0.3) is 0 Å². The van der Waals surface area contributed by atoms with Crippen molar-refractivity contribution in [3.05, 3.63) is 0 Å². The maximum atomic E-state index is 0. The van der Waals surface area contributed by atoms with Crippen LogP contribution in [-0.2, 0) is 0 Å². The maximum Gasteiger partial charge on any atom is 0 e. The Labute approximate surface area is 71.5 Å². The van der Waals surface area contributed by atoms with Crippen molar-refractivity contribution in [3.63, 3.8) is 0 Å². The minimum atomic E-state index is 0. The molecule has 6 heavy (non-hydrogen) atoms. The normalized spacial score (nSPS) is 0. The second kappa shape index (κ2) is 86.5. The Morgan fingerprint density at radius 2 is 0.333 bits per heavy atom. The van der Waals surface area contributed by atoms with E-state index < -0.39 is 0 Å². The molecule has 4 radical (unpaired) electrons. The molecule has 0 aromatic heterocycles. The van der Waals surface area contributed by atoms with Crippen LogP contribution in [0.25, 0.3) is 0 Å². The minimum Gasteiger partial charge on any atom is -1.00 e. The van der Waals surface area contributed by atoms with Crippen molar-refractivity contribution in [2.24, 2.45) is 0 Å². The van der Waals surface area contributed by atoms with Crippen LogP contribution in [0.15, 0.2) is 0 Å². The van der Waals surface area contributed by atoms with E-state index in [2.05, 4.69) is 0 Å². The molecule has 0 nitrogen and oxygen atoms in total. The van der Waals surface area contributed by atoms with E-state index >= 15 is 0 Å². The summed E-state index contributed by atoms with van der Waals surface area (Å²) in [5.41, 5.74) is 0. The molecule has 0 aliphatic rings. The first-order valence-electron chi connectivity index (χ1n) is 0. The first-order valence-corrected chi connectivity index (χ1v) is 0. The van der Waals surface area contributed by atoms with E-state index in [1.54, 1.807) is 0 Å². The minimum absolute atomic E-state index is 0. The monoisotopic (exact) mass is 494 g/mol. The molecule has 0 rings (SSSR count). The summed E-state index contributed by atoms with van der Waals surface area (Å²) >= 11 is 0. The molecule has 6 heteroatoms. The van der Waals surface area contributed by atoms with Crippen LogP contribution >= 0.6 is 0 Å². The molecule has 0 aliphatic carbocycles. The number of hydrogen-bond acceptors (Lipinski definition) is 0. The predicted molar refractivity (Wildman–Crippen MR) is 11.5 cm³/mol. The van der Waals surface area contributed by atoms with Gasteiger partial charge in [0, 0.05) is 53.1 Å². The fraction of sp³-hybridized carbons (Fsp3) is 0. The topological polar surface area (TPSA) is 0 Å². The fourth-order valence-corrected chi connectivity index (χ4v) is 0. The zero-order valence-electron chi connectivity index (χ0n) is 2.33. The number of halogens is 4. The maximum absolute atomic E-state index is 0. The summed E-state index contributed by atoms with van der Waals surface area (Å²) in [6.45, 7) is 0. The second-order valence-corrected chi connectivity index (χ2v) is 0. The van der Waals surface area contributed by atoms with Gasteiger partial charge >= 0.3 is 0 Å². The standard InChI is InChI=1S/4FH.2Po/h4*1H;;/p-4. The molecule has 0 fully saturated rings. The van der Waals surface area contributed by atoms with Gasteiger partial charge in [-0.2, -0.15) is 0 Å². The van der Waals surface area contributed by atoms with Gasteiger partial charge < -0.3 is 18.8 Å². The zero-order valence-corrected chi connectivity index (χ0v) is 8.68. The Kier molecular flexibility index (Phi) is 2010. The molecule has 0 spiro atoms. The molecule has 0 atom stereocenters. The first-order chi connectivity index (χ1) is 0. The van der Waals surface area contributed by atoms with E-state index in [4.69, 9.17) is 0 Å². The smallest absolute Gasteiger partial charge is 0 e. The quantitative estimate of drug-likeness (QED) is 0.294. The molecule has 0 saturated carbocycles. The Morgan fingerprint density at radius 1 is 0.333 bits per heavy atom. The third kappa shape index (κ3) is 49.1. The van der Waals surface area contributed by atoms with Crippen LogP contribution in [0.2, 0.25) is 0 Å². The number of hydrogen-bond donors (Lipinski definition) is 0. The second-order valence-electron chi connectivity index (χ2n) is 0. The molecule has 0 aromatic carbocycles. The Balaban J connectivity index is 0. The molecule has 0 saturated heterocycles. The summed E-state index contributed by atoms with van der Waals surface area (Å²) in [4.78, 5) is 0. The van der Waals surface area contributed by atoms with E-state index in [-0.39, 0.29) is 71.9 Å². The van der Waals surface area contributed by atoms with Crippen LogP contribution in [-0.4, -0.2) is 53.1 Å². The molecule has 0 aliphatic heterocycles. The molecule has 0 bridgehead atoms. The third-order valence-electron chi connectivity index (χ3n) is 0. The van der Waals surface area contributed by atoms with Crippen molar-refractivity contribution in [2.75, 3.05) is 0 Å². The van der Waals surface area contributed by atoms with Gasteiger partial charge in [-0.15, -0.1) is 0 Å². The summed E-state index contributed by atoms with van der Waals surface area (Å²) in [6.07, 6.45) is 0. The van der Waals surface area contributed by atoms with Crippen molar-refractivity contribution in [1.82, 2.24) is 0 Å². The summed E-state index contributed by atoms with van der Waals surface area (Å²) in [5.74, 6) is 0. The van der Waals surface area contributed by atoms with Gasteiger partial charge in [0.2, 0.25) is 0 Å². The molecule has 0 N–H and O–H groups in total. The van der Waals surface area contributed by atoms with Crippen molar-refractivity contribution >= 4 is 53.1 Å². The summed E-state index contributed by atoms with van der Waals surface area (Å²) in [5, 5.41) is 0. The van der Waals surface area contributed by atoms with E-state index in [0.717, 1.165) is 0 Å². The van der Waals surface area contributed by atoms with Gasteiger partial charge in [0.15, 0.2) is 0 Å².